The van der Waals surface area contributed by atoms with Crippen molar-refractivity contribution in [3.63, 3.8) is 0 Å². The minimum atomic E-state index is 0.0157. The van der Waals surface area contributed by atoms with Gasteiger partial charge in [-0.25, -0.2) is 0 Å². The van der Waals surface area contributed by atoms with Gasteiger partial charge in [0.15, 0.2) is 0 Å². The Labute approximate surface area is 94.0 Å². The Kier molecular flexibility index (Phi) is 3.05. The fourth-order valence-corrected chi connectivity index (χ4v) is 1.74. The maximum Gasteiger partial charge on any atom is 0.231 e. The average molecular weight is 220 g/mol. The summed E-state index contributed by atoms with van der Waals surface area (Å²) < 4.78 is 5.24. The standard InChI is InChI=1S/C11H16N4O/c1-3-8(7(2)12)11-14-10(15-16-11)9-5-4-6-13-9/h4-8,13H,3,12H2,1-2H3. The number of H-pyrrole nitrogens is 1. The molecule has 3 N–H and O–H groups in total. The molecule has 0 aromatic carbocycles. The Hall–Kier alpha value is -1.62. The lowest BCUT2D eigenvalue weighted by molar-refractivity contribution is 0.334. The van der Waals surface area contributed by atoms with Crippen LogP contribution < -0.4 is 5.73 Å². The van der Waals surface area contributed by atoms with Gasteiger partial charge in [-0.2, -0.15) is 4.98 Å². The monoisotopic (exact) mass is 220 g/mol. The number of nitrogens with one attached hydrogen (secondary N) is 1. The molecular formula is C11H16N4O. The first-order valence-corrected chi connectivity index (χ1v) is 5.45. The maximum atomic E-state index is 5.87. The quantitative estimate of drug-likeness (QED) is 0.824. The smallest absolute Gasteiger partial charge is 0.231 e. The Bertz CT molecular complexity index is 433. The fourth-order valence-electron chi connectivity index (χ4n) is 1.74. The molecule has 2 unspecified atom stereocenters. The predicted octanol–water partition coefficient (Wildman–Crippen LogP) is 1.91. The highest BCUT2D eigenvalue weighted by Crippen LogP contribution is 2.22. The van der Waals surface area contributed by atoms with Crippen LogP contribution in [-0.2, 0) is 0 Å². The van der Waals surface area contributed by atoms with E-state index in [0.717, 1.165) is 12.1 Å². The zero-order chi connectivity index (χ0) is 11.5. The Morgan fingerprint density at radius 2 is 2.38 bits per heavy atom. The summed E-state index contributed by atoms with van der Waals surface area (Å²) in [5.74, 6) is 1.32. The molecule has 0 aliphatic heterocycles. The van der Waals surface area contributed by atoms with Crippen molar-refractivity contribution >= 4 is 0 Å². The highest BCUT2D eigenvalue weighted by atomic mass is 16.5. The van der Waals surface area contributed by atoms with E-state index in [0.29, 0.717) is 11.7 Å². The van der Waals surface area contributed by atoms with Crippen LogP contribution in [-0.4, -0.2) is 21.2 Å². The van der Waals surface area contributed by atoms with Crippen LogP contribution in [0.3, 0.4) is 0 Å². The summed E-state index contributed by atoms with van der Waals surface area (Å²) in [6.45, 7) is 4.01. The van der Waals surface area contributed by atoms with Gasteiger partial charge in [-0.3, -0.25) is 0 Å². The van der Waals surface area contributed by atoms with Gasteiger partial charge in [0.05, 0.1) is 11.6 Å². The third kappa shape index (κ3) is 1.99. The van der Waals surface area contributed by atoms with Gasteiger partial charge in [0.1, 0.15) is 0 Å². The molecule has 2 rings (SSSR count). The molecule has 86 valence electrons. The Morgan fingerprint density at radius 3 is 2.94 bits per heavy atom. The van der Waals surface area contributed by atoms with Crippen LogP contribution in [0.5, 0.6) is 0 Å². The molecule has 0 aliphatic rings. The number of nitrogens with zero attached hydrogens (tertiary/aromatic N) is 2. The molecule has 0 saturated heterocycles. The Morgan fingerprint density at radius 1 is 1.56 bits per heavy atom. The van der Waals surface area contributed by atoms with Gasteiger partial charge >= 0.3 is 0 Å². The van der Waals surface area contributed by atoms with E-state index in [4.69, 9.17) is 10.3 Å². The van der Waals surface area contributed by atoms with Crippen LogP contribution in [0.2, 0.25) is 0 Å². The number of rotatable bonds is 4. The second kappa shape index (κ2) is 4.49. The van der Waals surface area contributed by atoms with E-state index >= 15 is 0 Å². The lowest BCUT2D eigenvalue weighted by Gasteiger charge is -2.13. The van der Waals surface area contributed by atoms with E-state index in [1.807, 2.05) is 25.3 Å². The van der Waals surface area contributed by atoms with Gasteiger partial charge < -0.3 is 15.2 Å². The van der Waals surface area contributed by atoms with Crippen LogP contribution in [0.4, 0.5) is 0 Å². The van der Waals surface area contributed by atoms with Gasteiger partial charge in [-0.15, -0.1) is 0 Å². The number of aromatic amines is 1. The minimum absolute atomic E-state index is 0.0157. The van der Waals surface area contributed by atoms with Gasteiger partial charge in [-0.05, 0) is 25.5 Å². The molecule has 0 fully saturated rings. The third-order valence-electron chi connectivity index (χ3n) is 2.67. The summed E-state index contributed by atoms with van der Waals surface area (Å²) in [5, 5.41) is 3.94. The molecule has 0 radical (unpaired) electrons. The van der Waals surface area contributed by atoms with Crippen molar-refractivity contribution in [2.75, 3.05) is 0 Å². The van der Waals surface area contributed by atoms with E-state index in [2.05, 4.69) is 22.0 Å². The molecule has 16 heavy (non-hydrogen) atoms. The lowest BCUT2D eigenvalue weighted by Crippen LogP contribution is -2.24. The summed E-state index contributed by atoms with van der Waals surface area (Å²) in [4.78, 5) is 7.39. The molecule has 5 heteroatoms. The second-order valence-electron chi connectivity index (χ2n) is 3.91. The van der Waals surface area contributed by atoms with E-state index in [1.165, 1.54) is 0 Å². The van der Waals surface area contributed by atoms with E-state index in [1.54, 1.807) is 0 Å². The predicted molar refractivity (Wildman–Crippen MR) is 60.8 cm³/mol. The zero-order valence-electron chi connectivity index (χ0n) is 9.47. The van der Waals surface area contributed by atoms with Crippen molar-refractivity contribution in [3.8, 4) is 11.5 Å². The van der Waals surface area contributed by atoms with Gasteiger partial charge in [-0.1, -0.05) is 12.1 Å². The van der Waals surface area contributed by atoms with Gasteiger partial charge in [0, 0.05) is 12.2 Å². The summed E-state index contributed by atoms with van der Waals surface area (Å²) in [5.41, 5.74) is 6.73. The number of hydrogen-bond donors (Lipinski definition) is 2. The molecule has 5 nitrogen and oxygen atoms in total. The van der Waals surface area contributed by atoms with Crippen molar-refractivity contribution in [1.82, 2.24) is 15.1 Å². The molecule has 0 amide bonds. The first-order valence-electron chi connectivity index (χ1n) is 5.45. The molecule has 2 aromatic rings. The summed E-state index contributed by atoms with van der Waals surface area (Å²) in [6, 6.07) is 3.82. The van der Waals surface area contributed by atoms with Crippen LogP contribution >= 0.6 is 0 Å². The van der Waals surface area contributed by atoms with Crippen molar-refractivity contribution in [1.29, 1.82) is 0 Å². The highest BCUT2D eigenvalue weighted by molar-refractivity contribution is 5.47. The average Bonchev–Trinajstić information content (AvgIpc) is 2.86. The third-order valence-corrected chi connectivity index (χ3v) is 2.67. The van der Waals surface area contributed by atoms with Crippen molar-refractivity contribution in [2.45, 2.75) is 32.2 Å². The largest absolute Gasteiger partial charge is 0.359 e. The topological polar surface area (TPSA) is 80.7 Å². The Balaban J connectivity index is 2.25. The number of aromatic nitrogens is 3. The lowest BCUT2D eigenvalue weighted by atomic mass is 9.99. The molecule has 0 spiro atoms. The van der Waals surface area contributed by atoms with Crippen LogP contribution in [0.1, 0.15) is 32.1 Å². The first kappa shape index (κ1) is 10.9. The van der Waals surface area contributed by atoms with E-state index < -0.39 is 0 Å². The molecule has 2 aromatic heterocycles. The van der Waals surface area contributed by atoms with Gasteiger partial charge in [0.2, 0.25) is 11.7 Å². The SMILES string of the molecule is CCC(c1nc(-c2ccc[nH]2)no1)C(C)N. The molecule has 0 saturated carbocycles. The summed E-state index contributed by atoms with van der Waals surface area (Å²) in [7, 11) is 0. The van der Waals surface area contributed by atoms with Crippen LogP contribution in [0.15, 0.2) is 22.9 Å². The molecule has 2 atom stereocenters. The second-order valence-corrected chi connectivity index (χ2v) is 3.91. The van der Waals surface area contributed by atoms with Crippen molar-refractivity contribution in [3.05, 3.63) is 24.2 Å². The number of hydrogen-bond acceptors (Lipinski definition) is 4. The zero-order valence-corrected chi connectivity index (χ0v) is 9.47. The van der Waals surface area contributed by atoms with Crippen molar-refractivity contribution < 1.29 is 4.52 Å². The van der Waals surface area contributed by atoms with E-state index in [-0.39, 0.29) is 12.0 Å². The first-order chi connectivity index (χ1) is 7.72. The molecule has 0 aliphatic carbocycles. The van der Waals surface area contributed by atoms with Gasteiger partial charge in [0.25, 0.3) is 0 Å². The highest BCUT2D eigenvalue weighted by Gasteiger charge is 2.21. The number of nitrogens with two attached hydrogens (primary N) is 1. The van der Waals surface area contributed by atoms with Crippen molar-refractivity contribution in [2.24, 2.45) is 5.73 Å². The molecular weight excluding hydrogens is 204 g/mol. The van der Waals surface area contributed by atoms with Crippen LogP contribution in [0.25, 0.3) is 11.5 Å². The molecule has 2 heterocycles. The summed E-state index contributed by atoms with van der Waals surface area (Å²) in [6.07, 6.45) is 2.72. The minimum Gasteiger partial charge on any atom is -0.359 e. The fraction of sp³-hybridized carbons (Fsp3) is 0.455. The summed E-state index contributed by atoms with van der Waals surface area (Å²) >= 11 is 0. The normalized spacial score (nSPS) is 14.9. The van der Waals surface area contributed by atoms with E-state index in [9.17, 15) is 0 Å². The maximum absolute atomic E-state index is 5.87. The molecule has 0 bridgehead atoms. The van der Waals surface area contributed by atoms with Crippen LogP contribution in [0, 0.1) is 0 Å².